The van der Waals surface area contributed by atoms with Crippen molar-refractivity contribution in [2.24, 2.45) is 0 Å². The van der Waals surface area contributed by atoms with Crippen molar-refractivity contribution in [2.45, 2.75) is 17.9 Å². The molecule has 4 aromatic carbocycles. The second kappa shape index (κ2) is 12.9. The molecule has 1 aromatic heterocycles. The highest BCUT2D eigenvalue weighted by Crippen LogP contribution is 2.33. The fourth-order valence-corrected chi connectivity index (χ4v) is 7.01. The van der Waals surface area contributed by atoms with Crippen molar-refractivity contribution in [2.75, 3.05) is 38.5 Å². The minimum absolute atomic E-state index is 0.199. The van der Waals surface area contributed by atoms with Crippen LogP contribution in [0.5, 0.6) is 5.75 Å². The van der Waals surface area contributed by atoms with Gasteiger partial charge in [-0.15, -0.1) is 0 Å². The predicted octanol–water partition coefficient (Wildman–Crippen LogP) is 7.34. The zero-order valence-corrected chi connectivity index (χ0v) is 25.8. The van der Waals surface area contributed by atoms with Crippen molar-refractivity contribution in [3.63, 3.8) is 0 Å². The first kappa shape index (κ1) is 30.0. The van der Waals surface area contributed by atoms with Crippen LogP contribution < -0.4 is 10.1 Å². The number of anilines is 2. The Morgan fingerprint density at radius 3 is 2.52 bits per heavy atom. The van der Waals surface area contributed by atoms with Crippen molar-refractivity contribution in [1.82, 2.24) is 14.2 Å². The first-order chi connectivity index (χ1) is 21.3. The molecule has 0 aliphatic carbocycles. The minimum Gasteiger partial charge on any atom is -0.487 e. The highest BCUT2D eigenvalue weighted by atomic mass is 35.5. The molecule has 44 heavy (non-hydrogen) atoms. The molecular formula is C34H32ClFN4O3S. The van der Waals surface area contributed by atoms with Gasteiger partial charge in [-0.25, -0.2) is 12.8 Å². The van der Waals surface area contributed by atoms with Gasteiger partial charge in [-0.05, 0) is 97.4 Å². The molecule has 0 saturated carbocycles. The largest absolute Gasteiger partial charge is 0.487 e. The van der Waals surface area contributed by atoms with Crippen molar-refractivity contribution in [3.8, 4) is 16.9 Å². The van der Waals surface area contributed by atoms with Gasteiger partial charge in [0.15, 0.2) is 0 Å². The topological polar surface area (TPSA) is 74.8 Å². The number of benzene rings is 4. The van der Waals surface area contributed by atoms with Crippen molar-refractivity contribution in [3.05, 3.63) is 114 Å². The van der Waals surface area contributed by atoms with E-state index in [2.05, 4.69) is 15.2 Å². The third-order valence-electron chi connectivity index (χ3n) is 7.74. The van der Waals surface area contributed by atoms with Gasteiger partial charge in [0.05, 0.1) is 15.4 Å². The molecule has 226 valence electrons. The monoisotopic (exact) mass is 630 g/mol. The summed E-state index contributed by atoms with van der Waals surface area (Å²) >= 11 is 6.53. The number of sulfonamides is 1. The number of halogens is 2. The van der Waals surface area contributed by atoms with Gasteiger partial charge in [-0.3, -0.25) is 4.98 Å². The van der Waals surface area contributed by atoms with E-state index in [-0.39, 0.29) is 12.4 Å². The average molecular weight is 631 g/mol. The second-order valence-electron chi connectivity index (χ2n) is 10.9. The molecule has 1 fully saturated rings. The lowest BCUT2D eigenvalue weighted by molar-refractivity contribution is 0.306. The molecule has 0 spiro atoms. The van der Waals surface area contributed by atoms with E-state index < -0.39 is 10.0 Å². The number of likely N-dealkylation sites (N-methyl/N-ethyl adjacent to an activating group) is 1. The molecule has 0 atom stereocenters. The van der Waals surface area contributed by atoms with Gasteiger partial charge in [-0.2, -0.15) is 4.31 Å². The smallest absolute Gasteiger partial charge is 0.243 e. The van der Waals surface area contributed by atoms with Gasteiger partial charge in [0.2, 0.25) is 10.0 Å². The zero-order valence-electron chi connectivity index (χ0n) is 24.2. The third-order valence-corrected chi connectivity index (χ3v) is 9.95. The van der Waals surface area contributed by atoms with E-state index in [1.54, 1.807) is 46.9 Å². The van der Waals surface area contributed by atoms with Crippen LogP contribution in [0.2, 0.25) is 5.02 Å². The summed E-state index contributed by atoms with van der Waals surface area (Å²) in [5, 5.41) is 4.76. The Balaban J connectivity index is 1.20. The molecule has 1 aliphatic rings. The summed E-state index contributed by atoms with van der Waals surface area (Å²) in [4.78, 5) is 6.98. The van der Waals surface area contributed by atoms with Gasteiger partial charge < -0.3 is 15.0 Å². The Labute approximate surface area is 261 Å². The molecule has 0 radical (unpaired) electrons. The van der Waals surface area contributed by atoms with Crippen LogP contribution in [0.1, 0.15) is 12.0 Å². The second-order valence-corrected chi connectivity index (χ2v) is 13.2. The van der Waals surface area contributed by atoms with Crippen molar-refractivity contribution >= 4 is 43.9 Å². The number of nitrogens with one attached hydrogen (secondary N) is 1. The summed E-state index contributed by atoms with van der Waals surface area (Å²) in [5.74, 6) is 0.183. The van der Waals surface area contributed by atoms with Crippen LogP contribution in [0.3, 0.4) is 0 Å². The molecule has 6 rings (SSSR count). The summed E-state index contributed by atoms with van der Waals surface area (Å²) in [6.45, 7) is 2.83. The molecule has 2 heterocycles. The average Bonchev–Trinajstić information content (AvgIpc) is 3.25. The van der Waals surface area contributed by atoms with Crippen LogP contribution in [-0.4, -0.2) is 55.8 Å². The molecule has 1 saturated heterocycles. The predicted molar refractivity (Wildman–Crippen MR) is 174 cm³/mol. The maximum Gasteiger partial charge on any atom is 0.243 e. The van der Waals surface area contributed by atoms with Crippen molar-refractivity contribution in [1.29, 1.82) is 0 Å². The van der Waals surface area contributed by atoms with E-state index in [0.717, 1.165) is 52.9 Å². The molecule has 1 aliphatic heterocycles. The number of nitrogens with zero attached hydrogens (tertiary/aromatic N) is 3. The fourth-order valence-electron chi connectivity index (χ4n) is 5.31. The maximum absolute atomic E-state index is 13.5. The first-order valence-corrected chi connectivity index (χ1v) is 16.2. The molecule has 0 unspecified atom stereocenters. The Morgan fingerprint density at radius 1 is 0.909 bits per heavy atom. The Kier molecular flexibility index (Phi) is 8.81. The SMILES string of the molecule is CN1CCCN(S(=O)(=O)c2ccc(-c3ccc4nccc(Nc5ccc(OCc6cccc(F)c6)c(Cl)c5)c4c3)cc2)CC1. The van der Waals surface area contributed by atoms with E-state index in [0.29, 0.717) is 34.3 Å². The normalized spacial score (nSPS) is 14.8. The van der Waals surface area contributed by atoms with E-state index in [9.17, 15) is 12.8 Å². The van der Waals surface area contributed by atoms with Gasteiger partial charge in [0.1, 0.15) is 18.2 Å². The highest BCUT2D eigenvalue weighted by molar-refractivity contribution is 7.89. The zero-order chi connectivity index (χ0) is 30.7. The number of hydrogen-bond donors (Lipinski definition) is 1. The number of aromatic nitrogens is 1. The van der Waals surface area contributed by atoms with Gasteiger partial charge in [0.25, 0.3) is 0 Å². The van der Waals surface area contributed by atoms with Gasteiger partial charge in [0, 0.05) is 42.6 Å². The molecule has 1 N–H and O–H groups in total. The van der Waals surface area contributed by atoms with Gasteiger partial charge in [-0.1, -0.05) is 41.9 Å². The van der Waals surface area contributed by atoms with E-state index >= 15 is 0 Å². The van der Waals surface area contributed by atoms with Crippen LogP contribution in [0.4, 0.5) is 15.8 Å². The summed E-state index contributed by atoms with van der Waals surface area (Å²) in [6.07, 6.45) is 2.55. The lowest BCUT2D eigenvalue weighted by atomic mass is 10.0. The van der Waals surface area contributed by atoms with Crippen LogP contribution in [0.15, 0.2) is 102 Å². The van der Waals surface area contributed by atoms with Crippen LogP contribution in [0.25, 0.3) is 22.0 Å². The lowest BCUT2D eigenvalue weighted by Gasteiger charge is -2.20. The molecule has 10 heteroatoms. The molecular weight excluding hydrogens is 599 g/mol. The Bertz CT molecular complexity index is 1900. The van der Waals surface area contributed by atoms with E-state index in [4.69, 9.17) is 16.3 Å². The standard InChI is InChI=1S/C34H32ClFN4O3S/c1-39-16-3-17-40(19-18-39)44(41,42)29-10-6-25(7-11-29)26-8-12-32-30(21-26)33(14-15-37-32)38-28-9-13-34(31(35)22-28)43-23-24-4-2-5-27(36)20-24/h2,4-15,20-22H,3,16-19,23H2,1H3,(H,37,38). The summed E-state index contributed by atoms with van der Waals surface area (Å²) in [6, 6.07) is 26.6. The summed E-state index contributed by atoms with van der Waals surface area (Å²) in [7, 11) is -1.54. The van der Waals surface area contributed by atoms with Crippen LogP contribution >= 0.6 is 11.6 Å². The number of rotatable bonds is 8. The van der Waals surface area contributed by atoms with Crippen LogP contribution in [0, 0.1) is 5.82 Å². The van der Waals surface area contributed by atoms with Gasteiger partial charge >= 0.3 is 0 Å². The van der Waals surface area contributed by atoms with E-state index in [1.807, 2.05) is 49.5 Å². The highest BCUT2D eigenvalue weighted by Gasteiger charge is 2.26. The number of hydrogen-bond acceptors (Lipinski definition) is 6. The molecule has 0 bridgehead atoms. The fraction of sp³-hybridized carbons (Fsp3) is 0.206. The molecule has 5 aromatic rings. The quantitative estimate of drug-likeness (QED) is 0.193. The number of ether oxygens (including phenoxy) is 1. The molecule has 0 amide bonds. The third kappa shape index (κ3) is 6.71. The van der Waals surface area contributed by atoms with Crippen LogP contribution in [-0.2, 0) is 16.6 Å². The van der Waals surface area contributed by atoms with E-state index in [1.165, 1.54) is 12.1 Å². The molecule has 7 nitrogen and oxygen atoms in total. The Hall–Kier alpha value is -4.02. The summed E-state index contributed by atoms with van der Waals surface area (Å²) in [5.41, 5.74) is 4.97. The number of fused-ring (bicyclic) bond motifs is 1. The lowest BCUT2D eigenvalue weighted by Crippen LogP contribution is -2.34. The summed E-state index contributed by atoms with van der Waals surface area (Å²) < 4.78 is 47.5. The van der Waals surface area contributed by atoms with Crippen molar-refractivity contribution < 1.29 is 17.5 Å². The first-order valence-electron chi connectivity index (χ1n) is 14.4. The Morgan fingerprint density at radius 2 is 1.73 bits per heavy atom. The minimum atomic E-state index is -3.56. The maximum atomic E-state index is 13.5. The number of pyridine rings is 1.